The van der Waals surface area contributed by atoms with Crippen LogP contribution in [0.2, 0.25) is 0 Å². The number of alkyl halides is 3. The predicted molar refractivity (Wildman–Crippen MR) is 56.5 cm³/mol. The van der Waals surface area contributed by atoms with E-state index in [4.69, 9.17) is 5.73 Å². The number of hydrogen-bond acceptors (Lipinski definition) is 5. The summed E-state index contributed by atoms with van der Waals surface area (Å²) in [6.45, 7) is -1.05. The van der Waals surface area contributed by atoms with Crippen LogP contribution < -0.4 is 5.73 Å². The third-order valence-corrected chi connectivity index (χ3v) is 4.34. The Kier molecular flexibility index (Phi) is 3.01. The Morgan fingerprint density at radius 3 is 2.53 bits per heavy atom. The van der Waals surface area contributed by atoms with Crippen molar-refractivity contribution in [2.24, 2.45) is 5.73 Å². The number of hydrogen-bond donors (Lipinski definition) is 1. The van der Waals surface area contributed by atoms with Gasteiger partial charge in [-0.2, -0.15) is 21.6 Å². The summed E-state index contributed by atoms with van der Waals surface area (Å²) in [5, 5.41) is -0.678. The van der Waals surface area contributed by atoms with Crippen molar-refractivity contribution in [1.82, 2.24) is 9.29 Å². The number of carbonyl (C=O) groups is 1. The van der Waals surface area contributed by atoms with Crippen molar-refractivity contribution in [3.63, 3.8) is 0 Å². The van der Waals surface area contributed by atoms with Gasteiger partial charge in [0.2, 0.25) is 0 Å². The maximum Gasteiger partial charge on any atom is 0.411 e. The van der Waals surface area contributed by atoms with Crippen LogP contribution in [0.4, 0.5) is 13.2 Å². The van der Waals surface area contributed by atoms with Gasteiger partial charge in [-0.15, -0.1) is 0 Å². The minimum atomic E-state index is -4.94. The molecule has 0 radical (unpaired) electrons. The number of nitrogens with two attached hydrogens (primary N) is 1. The number of pyridine rings is 1. The maximum atomic E-state index is 12.8. The third-order valence-electron chi connectivity index (χ3n) is 2.59. The van der Waals surface area contributed by atoms with E-state index in [1.54, 1.807) is 0 Å². The molecule has 0 aromatic carbocycles. The number of nitrogens with zero attached hydrogens (tertiary/aromatic N) is 2. The Balaban J connectivity index is 2.60. The first-order valence-corrected chi connectivity index (χ1v) is 6.46. The minimum absolute atomic E-state index is 0.245. The fourth-order valence-corrected chi connectivity index (χ4v) is 3.42. The number of carbonyl (C=O) groups excluding carboxylic acids is 1. The summed E-state index contributed by atoms with van der Waals surface area (Å²) in [5.74, 6) is -1.27. The molecule has 0 saturated heterocycles. The zero-order valence-corrected chi connectivity index (χ0v) is 10.1. The fraction of sp³-hybridized carbons (Fsp3) is 0.333. The quantitative estimate of drug-likeness (QED) is 0.836. The van der Waals surface area contributed by atoms with Crippen LogP contribution in [0.1, 0.15) is 10.4 Å². The molecule has 1 aromatic heterocycles. The van der Waals surface area contributed by atoms with Gasteiger partial charge in [0.25, 0.3) is 15.9 Å². The van der Waals surface area contributed by atoms with Crippen LogP contribution >= 0.6 is 0 Å². The Bertz CT molecular complexity index is 629. The summed E-state index contributed by atoms with van der Waals surface area (Å²) >= 11 is 0. The summed E-state index contributed by atoms with van der Waals surface area (Å²) < 4.78 is 61.9. The molecule has 104 valence electrons. The molecule has 0 spiro atoms. The van der Waals surface area contributed by atoms with Gasteiger partial charge in [-0.25, -0.2) is 9.29 Å². The van der Waals surface area contributed by atoms with Crippen molar-refractivity contribution in [1.29, 1.82) is 0 Å². The molecule has 6 nitrogen and oxygen atoms in total. The number of amides is 1. The largest absolute Gasteiger partial charge is 0.411 e. The lowest BCUT2D eigenvalue weighted by Crippen LogP contribution is -2.52. The van der Waals surface area contributed by atoms with E-state index in [1.165, 1.54) is 6.07 Å². The van der Waals surface area contributed by atoms with E-state index in [-0.39, 0.29) is 9.87 Å². The van der Waals surface area contributed by atoms with Crippen LogP contribution in [0.3, 0.4) is 0 Å². The Morgan fingerprint density at radius 2 is 2.05 bits per heavy atom. The predicted octanol–water partition coefficient (Wildman–Crippen LogP) is 0.116. The van der Waals surface area contributed by atoms with Gasteiger partial charge < -0.3 is 5.73 Å². The van der Waals surface area contributed by atoms with Crippen molar-refractivity contribution in [2.45, 2.75) is 17.2 Å². The van der Waals surface area contributed by atoms with Gasteiger partial charge >= 0.3 is 6.18 Å². The lowest BCUT2D eigenvalue weighted by Gasteiger charge is -2.26. The second-order valence-electron chi connectivity index (χ2n) is 3.76. The molecular formula is C9H8F3N3O3S. The number of rotatable bonds is 2. The van der Waals surface area contributed by atoms with Crippen LogP contribution in [0.25, 0.3) is 0 Å². The number of fused-ring (bicyclic) bond motifs is 1. The van der Waals surface area contributed by atoms with Gasteiger partial charge in [-0.05, 0) is 12.1 Å². The van der Waals surface area contributed by atoms with Gasteiger partial charge in [-0.3, -0.25) is 4.79 Å². The monoisotopic (exact) mass is 295 g/mol. The van der Waals surface area contributed by atoms with Gasteiger partial charge in [0, 0.05) is 12.7 Å². The first kappa shape index (κ1) is 13.7. The second kappa shape index (κ2) is 4.17. The van der Waals surface area contributed by atoms with E-state index in [9.17, 15) is 26.4 Å². The highest BCUT2D eigenvalue weighted by Gasteiger charge is 2.54. The molecule has 0 aliphatic carbocycles. The molecule has 2 rings (SSSR count). The van der Waals surface area contributed by atoms with Crippen molar-refractivity contribution in [3.05, 3.63) is 23.9 Å². The second-order valence-corrected chi connectivity index (χ2v) is 5.49. The summed E-state index contributed by atoms with van der Waals surface area (Å²) in [6, 6.07) is -0.230. The van der Waals surface area contributed by atoms with Crippen LogP contribution in [0, 0.1) is 0 Å². The summed E-state index contributed by atoms with van der Waals surface area (Å²) in [4.78, 5) is 15.3. The van der Waals surface area contributed by atoms with Crippen molar-refractivity contribution < 1.29 is 26.4 Å². The summed E-state index contributed by atoms with van der Waals surface area (Å²) in [5.41, 5.74) is 4.57. The van der Waals surface area contributed by atoms with E-state index in [0.717, 1.165) is 12.3 Å². The van der Waals surface area contributed by atoms with Crippen LogP contribution in [0.5, 0.6) is 0 Å². The van der Waals surface area contributed by atoms with Crippen LogP contribution in [-0.4, -0.2) is 42.4 Å². The molecule has 1 atom stereocenters. The summed E-state index contributed by atoms with van der Waals surface area (Å²) in [7, 11) is -4.62. The van der Waals surface area contributed by atoms with Crippen LogP contribution in [-0.2, 0) is 10.0 Å². The smallest absolute Gasteiger partial charge is 0.328 e. The van der Waals surface area contributed by atoms with Gasteiger partial charge in [0.15, 0.2) is 11.1 Å². The lowest BCUT2D eigenvalue weighted by molar-refractivity contribution is -0.163. The van der Waals surface area contributed by atoms with E-state index in [0.29, 0.717) is 0 Å². The van der Waals surface area contributed by atoms with Crippen molar-refractivity contribution in [2.75, 3.05) is 6.54 Å². The van der Waals surface area contributed by atoms with Gasteiger partial charge in [-0.1, -0.05) is 0 Å². The highest BCUT2D eigenvalue weighted by atomic mass is 32.2. The van der Waals surface area contributed by atoms with E-state index >= 15 is 0 Å². The molecule has 1 aromatic rings. The molecule has 1 aliphatic rings. The van der Waals surface area contributed by atoms with Gasteiger partial charge in [0.1, 0.15) is 0 Å². The Morgan fingerprint density at radius 1 is 1.42 bits per heavy atom. The van der Waals surface area contributed by atoms with E-state index in [2.05, 4.69) is 4.98 Å². The standard InChI is InChI=1S/C9H8F3N3O3S/c10-9(11,12)6(4-13)15-8(16)5-2-1-3-14-7(5)19(15,17)18/h1-3,6H,4,13H2. The first-order chi connectivity index (χ1) is 8.71. The molecule has 2 heterocycles. The Labute approximate surface area is 106 Å². The molecule has 1 amide bonds. The molecule has 1 aliphatic heterocycles. The minimum Gasteiger partial charge on any atom is -0.328 e. The topological polar surface area (TPSA) is 93.4 Å². The zero-order valence-electron chi connectivity index (χ0n) is 9.26. The van der Waals surface area contributed by atoms with Crippen molar-refractivity contribution in [3.8, 4) is 0 Å². The highest BCUT2D eigenvalue weighted by Crippen LogP contribution is 2.35. The number of halogens is 3. The normalized spacial score (nSPS) is 19.4. The SMILES string of the molecule is NCC(N1C(=O)c2cccnc2S1(=O)=O)C(F)(F)F. The average molecular weight is 295 g/mol. The fourth-order valence-electron chi connectivity index (χ4n) is 1.75. The molecule has 0 saturated carbocycles. The van der Waals surface area contributed by atoms with E-state index < -0.39 is 39.7 Å². The molecule has 2 N–H and O–H groups in total. The molecule has 0 bridgehead atoms. The molecule has 1 unspecified atom stereocenters. The number of sulfonamides is 1. The average Bonchev–Trinajstić information content (AvgIpc) is 2.51. The maximum absolute atomic E-state index is 12.8. The van der Waals surface area contributed by atoms with Crippen LogP contribution in [0.15, 0.2) is 23.4 Å². The molecular weight excluding hydrogens is 287 g/mol. The van der Waals surface area contributed by atoms with E-state index in [1.807, 2.05) is 0 Å². The van der Waals surface area contributed by atoms with Gasteiger partial charge in [0.05, 0.1) is 5.56 Å². The molecule has 19 heavy (non-hydrogen) atoms. The first-order valence-electron chi connectivity index (χ1n) is 5.02. The highest BCUT2D eigenvalue weighted by molar-refractivity contribution is 7.90. The molecule has 0 fully saturated rings. The molecule has 10 heteroatoms. The Hall–Kier alpha value is -1.68. The lowest BCUT2D eigenvalue weighted by atomic mass is 10.2. The number of aromatic nitrogens is 1. The van der Waals surface area contributed by atoms with Crippen molar-refractivity contribution >= 4 is 15.9 Å². The summed E-state index contributed by atoms with van der Waals surface area (Å²) in [6.07, 6.45) is -3.86. The zero-order chi connectivity index (χ0) is 14.4. The third kappa shape index (κ3) is 1.96.